The van der Waals surface area contributed by atoms with Crippen LogP contribution >= 0.6 is 11.3 Å². The number of nitrogens with zero attached hydrogens (tertiary/aromatic N) is 4. The maximum Gasteiger partial charge on any atom is 0.133 e. The fraction of sp³-hybridized carbons (Fsp3) is 0.500. The van der Waals surface area contributed by atoms with Crippen molar-refractivity contribution in [3.05, 3.63) is 28.0 Å². The molecule has 0 saturated heterocycles. The number of hydrogen-bond donors (Lipinski definition) is 1. The maximum absolute atomic E-state index is 10.2. The van der Waals surface area contributed by atoms with E-state index in [-0.39, 0.29) is 0 Å². The van der Waals surface area contributed by atoms with Crippen molar-refractivity contribution in [2.45, 2.75) is 32.9 Å². The van der Waals surface area contributed by atoms with Gasteiger partial charge in [0.2, 0.25) is 0 Å². The number of aryl methyl sites for hydroxylation is 2. The minimum absolute atomic E-state index is 0.672. The highest BCUT2D eigenvalue weighted by Crippen LogP contribution is 2.27. The Balaban J connectivity index is 2.30. The third-order valence-electron chi connectivity index (χ3n) is 2.39. The van der Waals surface area contributed by atoms with Crippen LogP contribution in [0.3, 0.4) is 0 Å². The van der Waals surface area contributed by atoms with Gasteiger partial charge in [0.15, 0.2) is 0 Å². The number of aromatic nitrogens is 4. The van der Waals surface area contributed by atoms with Gasteiger partial charge in [-0.05, 0) is 13.3 Å². The normalized spacial score (nSPS) is 12.9. The first-order chi connectivity index (χ1) is 7.74. The van der Waals surface area contributed by atoms with Gasteiger partial charge in [-0.2, -0.15) is 0 Å². The summed E-state index contributed by atoms with van der Waals surface area (Å²) < 4.78 is 1.74. The molecule has 2 aromatic heterocycles. The zero-order chi connectivity index (χ0) is 11.5. The Labute approximate surface area is 97.8 Å². The van der Waals surface area contributed by atoms with E-state index in [4.69, 9.17) is 0 Å². The van der Waals surface area contributed by atoms with Crippen molar-refractivity contribution in [3.63, 3.8) is 0 Å². The van der Waals surface area contributed by atoms with Gasteiger partial charge in [-0.15, -0.1) is 16.4 Å². The Hall–Kier alpha value is -1.27. The van der Waals surface area contributed by atoms with Crippen LogP contribution in [-0.2, 0) is 6.54 Å². The molecule has 5 nitrogen and oxygen atoms in total. The minimum atomic E-state index is -0.672. The standard InChI is InChI=1S/C10H14N4OS/c1-3-4-14-8(5-12-13-14)9(15)10-7(2)11-6-16-10/h5-6,9,15H,3-4H2,1-2H3. The first kappa shape index (κ1) is 11.2. The van der Waals surface area contributed by atoms with Crippen LogP contribution in [0.15, 0.2) is 11.7 Å². The van der Waals surface area contributed by atoms with Gasteiger partial charge in [-0.25, -0.2) is 9.67 Å². The summed E-state index contributed by atoms with van der Waals surface area (Å²) in [4.78, 5) is 4.99. The van der Waals surface area contributed by atoms with Crippen molar-refractivity contribution in [3.8, 4) is 0 Å². The van der Waals surface area contributed by atoms with Crippen LogP contribution in [0.25, 0.3) is 0 Å². The number of aliphatic hydroxyl groups excluding tert-OH is 1. The second-order valence-electron chi connectivity index (χ2n) is 3.59. The van der Waals surface area contributed by atoms with Crippen LogP contribution in [0.1, 0.15) is 35.7 Å². The van der Waals surface area contributed by atoms with E-state index >= 15 is 0 Å². The van der Waals surface area contributed by atoms with Crippen molar-refractivity contribution in [1.82, 2.24) is 20.0 Å². The SMILES string of the molecule is CCCn1nncc1C(O)c1scnc1C. The molecule has 16 heavy (non-hydrogen) atoms. The highest BCUT2D eigenvalue weighted by atomic mass is 32.1. The molecule has 0 aliphatic heterocycles. The first-order valence-electron chi connectivity index (χ1n) is 5.20. The Kier molecular flexibility index (Phi) is 3.31. The zero-order valence-corrected chi connectivity index (χ0v) is 10.1. The monoisotopic (exact) mass is 238 g/mol. The highest BCUT2D eigenvalue weighted by Gasteiger charge is 2.19. The van der Waals surface area contributed by atoms with E-state index in [1.165, 1.54) is 11.3 Å². The average Bonchev–Trinajstić information content (AvgIpc) is 2.87. The summed E-state index contributed by atoms with van der Waals surface area (Å²) in [5.74, 6) is 0. The molecule has 6 heteroatoms. The molecule has 0 saturated carbocycles. The third kappa shape index (κ3) is 1.98. The molecule has 1 atom stereocenters. The van der Waals surface area contributed by atoms with E-state index in [0.717, 1.165) is 29.2 Å². The molecule has 2 rings (SSSR count). The molecule has 2 heterocycles. The molecular weight excluding hydrogens is 224 g/mol. The fourth-order valence-corrected chi connectivity index (χ4v) is 2.37. The van der Waals surface area contributed by atoms with Crippen LogP contribution in [0.4, 0.5) is 0 Å². The van der Waals surface area contributed by atoms with Crippen molar-refractivity contribution in [1.29, 1.82) is 0 Å². The molecule has 0 radical (unpaired) electrons. The molecule has 0 spiro atoms. The number of thiazole rings is 1. The highest BCUT2D eigenvalue weighted by molar-refractivity contribution is 7.09. The second-order valence-corrected chi connectivity index (χ2v) is 4.47. The first-order valence-corrected chi connectivity index (χ1v) is 6.08. The molecule has 0 bridgehead atoms. The van der Waals surface area contributed by atoms with E-state index in [2.05, 4.69) is 22.2 Å². The molecule has 0 aliphatic rings. The molecule has 0 aromatic carbocycles. The van der Waals surface area contributed by atoms with Crippen molar-refractivity contribution >= 4 is 11.3 Å². The number of hydrogen-bond acceptors (Lipinski definition) is 5. The van der Waals surface area contributed by atoms with Gasteiger partial charge in [-0.1, -0.05) is 12.1 Å². The molecular formula is C10H14N4OS. The van der Waals surface area contributed by atoms with Crippen LogP contribution in [-0.4, -0.2) is 25.1 Å². The summed E-state index contributed by atoms with van der Waals surface area (Å²) >= 11 is 1.45. The summed E-state index contributed by atoms with van der Waals surface area (Å²) in [7, 11) is 0. The quantitative estimate of drug-likeness (QED) is 0.877. The lowest BCUT2D eigenvalue weighted by molar-refractivity contribution is 0.210. The smallest absolute Gasteiger partial charge is 0.133 e. The van der Waals surface area contributed by atoms with E-state index in [9.17, 15) is 5.11 Å². The largest absolute Gasteiger partial charge is 0.381 e. The topological polar surface area (TPSA) is 63.8 Å². The molecule has 0 fully saturated rings. The van der Waals surface area contributed by atoms with Gasteiger partial charge in [0.05, 0.1) is 28.0 Å². The molecule has 2 aromatic rings. The summed E-state index contributed by atoms with van der Waals surface area (Å²) in [6.45, 7) is 4.73. The second kappa shape index (κ2) is 4.71. The number of aliphatic hydroxyl groups is 1. The van der Waals surface area contributed by atoms with Gasteiger partial charge in [0, 0.05) is 6.54 Å². The van der Waals surface area contributed by atoms with Crippen LogP contribution in [0.2, 0.25) is 0 Å². The van der Waals surface area contributed by atoms with Gasteiger partial charge < -0.3 is 5.11 Å². The third-order valence-corrected chi connectivity index (χ3v) is 3.38. The van der Waals surface area contributed by atoms with Crippen molar-refractivity contribution < 1.29 is 5.11 Å². The summed E-state index contributed by atoms with van der Waals surface area (Å²) in [6.07, 6.45) is 1.90. The molecule has 86 valence electrons. The molecule has 1 unspecified atom stereocenters. The van der Waals surface area contributed by atoms with E-state index in [1.54, 1.807) is 16.4 Å². The van der Waals surface area contributed by atoms with Crippen LogP contribution in [0, 0.1) is 6.92 Å². The van der Waals surface area contributed by atoms with E-state index in [1.807, 2.05) is 6.92 Å². The molecule has 1 N–H and O–H groups in total. The Morgan fingerprint density at radius 2 is 2.38 bits per heavy atom. The van der Waals surface area contributed by atoms with Crippen LogP contribution in [0.5, 0.6) is 0 Å². The zero-order valence-electron chi connectivity index (χ0n) is 9.29. The van der Waals surface area contributed by atoms with Crippen molar-refractivity contribution in [2.24, 2.45) is 0 Å². The predicted molar refractivity (Wildman–Crippen MR) is 61.2 cm³/mol. The lowest BCUT2D eigenvalue weighted by atomic mass is 10.2. The minimum Gasteiger partial charge on any atom is -0.381 e. The molecule has 0 amide bonds. The Bertz CT molecular complexity index is 465. The summed E-state index contributed by atoms with van der Waals surface area (Å²) in [5, 5.41) is 18.0. The van der Waals surface area contributed by atoms with Gasteiger partial charge in [0.1, 0.15) is 6.10 Å². The lowest BCUT2D eigenvalue weighted by Crippen LogP contribution is -2.10. The van der Waals surface area contributed by atoms with Gasteiger partial charge in [0.25, 0.3) is 0 Å². The predicted octanol–water partition coefficient (Wildman–Crippen LogP) is 1.53. The Morgan fingerprint density at radius 3 is 3.00 bits per heavy atom. The summed E-state index contributed by atoms with van der Waals surface area (Å²) in [6, 6.07) is 0. The average molecular weight is 238 g/mol. The van der Waals surface area contributed by atoms with Gasteiger partial charge in [-0.3, -0.25) is 0 Å². The maximum atomic E-state index is 10.2. The molecule has 0 aliphatic carbocycles. The lowest BCUT2D eigenvalue weighted by Gasteiger charge is -2.10. The van der Waals surface area contributed by atoms with E-state index < -0.39 is 6.10 Å². The van der Waals surface area contributed by atoms with E-state index in [0.29, 0.717) is 0 Å². The van der Waals surface area contributed by atoms with Crippen molar-refractivity contribution in [2.75, 3.05) is 0 Å². The number of rotatable bonds is 4. The fourth-order valence-electron chi connectivity index (χ4n) is 1.57. The summed E-state index contributed by atoms with van der Waals surface area (Å²) in [5.41, 5.74) is 3.33. The van der Waals surface area contributed by atoms with Gasteiger partial charge >= 0.3 is 0 Å². The van der Waals surface area contributed by atoms with Crippen LogP contribution < -0.4 is 0 Å². The Morgan fingerprint density at radius 1 is 1.56 bits per heavy atom.